The van der Waals surface area contributed by atoms with Crippen molar-refractivity contribution in [2.45, 2.75) is 105 Å². The molecule has 7 heteroatoms. The van der Waals surface area contributed by atoms with Crippen LogP contribution in [-0.2, 0) is 11.3 Å². The Balaban J connectivity index is 1.94. The van der Waals surface area contributed by atoms with Gasteiger partial charge in [0.15, 0.2) is 5.82 Å². The molecule has 1 aliphatic rings. The molecule has 0 aliphatic heterocycles. The minimum Gasteiger partial charge on any atom is -0.489 e. The molecule has 3 rings (SSSR count). The van der Waals surface area contributed by atoms with Crippen molar-refractivity contribution in [1.29, 1.82) is 0 Å². The van der Waals surface area contributed by atoms with Gasteiger partial charge in [0.1, 0.15) is 11.6 Å². The quantitative estimate of drug-likeness (QED) is 0.108. The highest BCUT2D eigenvalue weighted by molar-refractivity contribution is 6.31. The fourth-order valence-corrected chi connectivity index (χ4v) is 5.27. The summed E-state index contributed by atoms with van der Waals surface area (Å²) in [6.45, 7) is 16.9. The monoisotopic (exact) mass is 578 g/mol. The molecule has 0 atom stereocenters. The first-order valence-corrected chi connectivity index (χ1v) is 15.3. The summed E-state index contributed by atoms with van der Waals surface area (Å²) in [4.78, 5) is 18.9. The summed E-state index contributed by atoms with van der Waals surface area (Å²) in [6, 6.07) is 12.6. The highest BCUT2D eigenvalue weighted by Gasteiger charge is 2.22. The molecule has 1 saturated carbocycles. The van der Waals surface area contributed by atoms with Gasteiger partial charge in [0.25, 0.3) is 0 Å². The minimum absolute atomic E-state index is 0.0199. The van der Waals surface area contributed by atoms with Gasteiger partial charge in [-0.25, -0.2) is 4.99 Å². The smallest absolute Gasteiger partial charge is 0.210 e. The fourth-order valence-electron chi connectivity index (χ4n) is 5.18. The second kappa shape index (κ2) is 15.7. The van der Waals surface area contributed by atoms with E-state index in [9.17, 15) is 4.79 Å². The third-order valence-corrected chi connectivity index (χ3v) is 7.77. The van der Waals surface area contributed by atoms with Gasteiger partial charge in [-0.2, -0.15) is 0 Å². The number of hydrogen-bond acceptors (Lipinski definition) is 4. The number of aliphatic imine (C=N–C) groups is 1. The number of ether oxygens (including phenoxy) is 1. The van der Waals surface area contributed by atoms with E-state index in [2.05, 4.69) is 56.2 Å². The Bertz CT molecular complexity index is 1250. The molecule has 0 bridgehead atoms. The highest BCUT2D eigenvalue weighted by atomic mass is 35.5. The lowest BCUT2D eigenvalue weighted by Gasteiger charge is -2.32. The van der Waals surface area contributed by atoms with Gasteiger partial charge in [0.05, 0.1) is 16.8 Å². The molecule has 41 heavy (non-hydrogen) atoms. The number of hydrogen-bond donors (Lipinski definition) is 2. The normalized spacial score (nSPS) is 15.0. The number of aryl methyl sites for hydroxylation is 1. The number of halogens is 1. The van der Waals surface area contributed by atoms with E-state index in [1.165, 1.54) is 24.8 Å². The summed E-state index contributed by atoms with van der Waals surface area (Å²) in [5.74, 6) is 2.32. The lowest BCUT2D eigenvalue weighted by molar-refractivity contribution is -0.121. The topological polar surface area (TPSA) is 66.0 Å². The number of carbonyl (C=O) groups excluding carboxylic acids is 1. The molecule has 0 heterocycles. The number of nitrogens with zero attached hydrogens (tertiary/aromatic N) is 2. The molecule has 0 aromatic heterocycles. The first-order chi connectivity index (χ1) is 19.7. The molecule has 6 nitrogen and oxygen atoms in total. The van der Waals surface area contributed by atoms with Crippen molar-refractivity contribution in [1.82, 2.24) is 4.90 Å². The summed E-state index contributed by atoms with van der Waals surface area (Å²) < 4.78 is 6.26. The van der Waals surface area contributed by atoms with Crippen molar-refractivity contribution in [3.63, 3.8) is 0 Å². The molecule has 1 fully saturated rings. The second-order valence-corrected chi connectivity index (χ2v) is 11.7. The Morgan fingerprint density at radius 3 is 2.44 bits per heavy atom. The summed E-state index contributed by atoms with van der Waals surface area (Å²) in [7, 11) is 0. The van der Waals surface area contributed by atoms with Crippen molar-refractivity contribution in [2.75, 3.05) is 10.6 Å². The second-order valence-electron chi connectivity index (χ2n) is 11.3. The van der Waals surface area contributed by atoms with Gasteiger partial charge in [0.2, 0.25) is 6.41 Å². The average Bonchev–Trinajstić information content (AvgIpc) is 2.96. The molecule has 222 valence electrons. The fraction of sp³-hybridized carbons (Fsp3) is 0.471. The van der Waals surface area contributed by atoms with Gasteiger partial charge in [-0.15, -0.1) is 0 Å². The van der Waals surface area contributed by atoms with Crippen LogP contribution in [-0.4, -0.2) is 29.3 Å². The van der Waals surface area contributed by atoms with Crippen LogP contribution in [0, 0.1) is 6.92 Å². The average molecular weight is 579 g/mol. The molecule has 0 saturated heterocycles. The van der Waals surface area contributed by atoms with Gasteiger partial charge >= 0.3 is 0 Å². The molecule has 1 aliphatic carbocycles. The predicted molar refractivity (Wildman–Crippen MR) is 174 cm³/mol. The van der Waals surface area contributed by atoms with Crippen LogP contribution in [0.5, 0.6) is 5.75 Å². The van der Waals surface area contributed by atoms with E-state index in [0.717, 1.165) is 53.3 Å². The van der Waals surface area contributed by atoms with Gasteiger partial charge < -0.3 is 20.3 Å². The lowest BCUT2D eigenvalue weighted by Crippen LogP contribution is -2.35. The number of allylic oxidation sites excluding steroid dienone is 2. The number of para-hydroxylation sites is 1. The van der Waals surface area contributed by atoms with Crippen LogP contribution >= 0.6 is 11.6 Å². The molecule has 0 unspecified atom stereocenters. The Kier molecular flexibility index (Phi) is 12.3. The van der Waals surface area contributed by atoms with E-state index in [1.54, 1.807) is 6.08 Å². The molecule has 1 amide bonds. The zero-order valence-electron chi connectivity index (χ0n) is 25.6. The van der Waals surface area contributed by atoms with E-state index in [4.69, 9.17) is 21.3 Å². The number of nitrogens with one attached hydrogen (secondary N) is 2. The molecule has 2 aromatic rings. The maximum absolute atomic E-state index is 12.0. The van der Waals surface area contributed by atoms with Crippen molar-refractivity contribution in [3.05, 3.63) is 76.6 Å². The maximum Gasteiger partial charge on any atom is 0.210 e. The van der Waals surface area contributed by atoms with Gasteiger partial charge in [-0.3, -0.25) is 4.79 Å². The first-order valence-electron chi connectivity index (χ1n) is 14.9. The first kappa shape index (κ1) is 32.3. The van der Waals surface area contributed by atoms with Crippen LogP contribution in [0.1, 0.15) is 95.8 Å². The van der Waals surface area contributed by atoms with Crippen LogP contribution in [0.4, 0.5) is 11.4 Å². The standard InChI is InChI=1S/C34H47ClN4O2/c1-8-29(35)34(37-30-18-14-13-17-28(30)23(3)4)38-33(9-2)36-31-19-25(7)26(20-32(31)41-24(5)6)21-39(22-40)27-15-11-10-12-16-27/h8,13-14,17-20,22-24,27,37H,1,9-12,15-16,21H2,2-7H3,(H,36,38)/b34-29+. The molecule has 0 spiro atoms. The number of anilines is 2. The van der Waals surface area contributed by atoms with Gasteiger partial charge in [-0.05, 0) is 80.5 Å². The Hall–Kier alpha value is -3.25. The third-order valence-electron chi connectivity index (χ3n) is 7.43. The van der Waals surface area contributed by atoms with Crippen LogP contribution in [0.25, 0.3) is 0 Å². The number of rotatable bonds is 13. The summed E-state index contributed by atoms with van der Waals surface area (Å²) in [5.41, 5.74) is 5.13. The van der Waals surface area contributed by atoms with Crippen LogP contribution in [0.2, 0.25) is 0 Å². The van der Waals surface area contributed by atoms with Gasteiger partial charge in [0, 0.05) is 24.7 Å². The predicted octanol–water partition coefficient (Wildman–Crippen LogP) is 9.12. The van der Waals surface area contributed by atoms with Crippen LogP contribution in [0.15, 0.2) is 64.9 Å². The number of carbonyl (C=O) groups is 1. The van der Waals surface area contributed by atoms with Crippen molar-refractivity contribution in [3.8, 4) is 5.75 Å². The minimum atomic E-state index is -0.0199. The largest absolute Gasteiger partial charge is 0.489 e. The summed E-state index contributed by atoms with van der Waals surface area (Å²) in [5, 5.41) is 7.37. The zero-order valence-corrected chi connectivity index (χ0v) is 26.4. The number of amides is 1. The zero-order chi connectivity index (χ0) is 29.9. The Labute approximate surface area is 251 Å². The van der Waals surface area contributed by atoms with Gasteiger partial charge in [-0.1, -0.05) is 76.4 Å². The SMILES string of the molecule is C=C/C(Cl)=C(\N=C(/CC)Nc1cc(C)c(CN(C=O)C2CCCCC2)cc1OC(C)C)Nc1ccccc1C(C)C. The van der Waals surface area contributed by atoms with E-state index in [1.807, 2.05) is 43.9 Å². The summed E-state index contributed by atoms with van der Waals surface area (Å²) in [6.07, 6.45) is 8.98. The third kappa shape index (κ3) is 9.12. The number of benzene rings is 2. The van der Waals surface area contributed by atoms with Crippen molar-refractivity contribution < 1.29 is 9.53 Å². The molecule has 2 N–H and O–H groups in total. The van der Waals surface area contributed by atoms with Crippen LogP contribution in [0.3, 0.4) is 0 Å². The molecule has 0 radical (unpaired) electrons. The molecular weight excluding hydrogens is 532 g/mol. The van der Waals surface area contributed by atoms with E-state index in [-0.39, 0.29) is 6.10 Å². The molecular formula is C34H47ClN4O2. The van der Waals surface area contributed by atoms with E-state index >= 15 is 0 Å². The van der Waals surface area contributed by atoms with Crippen LogP contribution < -0.4 is 15.4 Å². The lowest BCUT2D eigenvalue weighted by atomic mass is 9.94. The van der Waals surface area contributed by atoms with Crippen molar-refractivity contribution in [2.24, 2.45) is 4.99 Å². The van der Waals surface area contributed by atoms with Crippen molar-refractivity contribution >= 4 is 35.2 Å². The highest BCUT2D eigenvalue weighted by Crippen LogP contribution is 2.32. The molecule has 2 aromatic carbocycles. The summed E-state index contributed by atoms with van der Waals surface area (Å²) >= 11 is 6.60. The number of amidine groups is 1. The van der Waals surface area contributed by atoms with E-state index in [0.29, 0.717) is 35.8 Å². The maximum atomic E-state index is 12.0. The Morgan fingerprint density at radius 2 is 1.83 bits per heavy atom. The Morgan fingerprint density at radius 1 is 1.12 bits per heavy atom. The van der Waals surface area contributed by atoms with E-state index < -0.39 is 0 Å².